The number of phenolic OH excluding ortho intramolecular Hbond substituents is 2. The number of hydrogen-bond donors (Lipinski definition) is 7. The van der Waals surface area contributed by atoms with E-state index in [4.69, 9.17) is 0 Å². The molecule has 0 aliphatic heterocycles. The van der Waals surface area contributed by atoms with Crippen LogP contribution in [0.3, 0.4) is 0 Å². The maximum absolute atomic E-state index is 13.2. The van der Waals surface area contributed by atoms with Gasteiger partial charge < -0.3 is 15.5 Å². The van der Waals surface area contributed by atoms with Crippen molar-refractivity contribution in [2.45, 2.75) is 15.8 Å². The number of carbonyl (C=O) groups is 2. The fourth-order valence-electron chi connectivity index (χ4n) is 3.88. The van der Waals surface area contributed by atoms with Gasteiger partial charge in [-0.15, -0.1) is 0 Å². The van der Waals surface area contributed by atoms with Crippen LogP contribution in [0.2, 0.25) is 0 Å². The first kappa shape index (κ1) is 34.5. The van der Waals surface area contributed by atoms with Crippen LogP contribution in [0.5, 0.6) is 11.5 Å². The van der Waals surface area contributed by atoms with E-state index in [0.717, 1.165) is 35.3 Å². The molecule has 2 amide bonds. The van der Waals surface area contributed by atoms with E-state index < -0.39 is 47.9 Å². The average molecular weight is 799 g/mol. The van der Waals surface area contributed by atoms with Gasteiger partial charge >= 0.3 is 0 Å². The Morgan fingerprint density at radius 2 is 1.35 bits per heavy atom. The molecule has 0 fully saturated rings. The van der Waals surface area contributed by atoms with Crippen molar-refractivity contribution in [3.63, 3.8) is 0 Å². The third-order valence-electron chi connectivity index (χ3n) is 6.10. The van der Waals surface area contributed by atoms with E-state index in [1.54, 1.807) is 24.3 Å². The van der Waals surface area contributed by atoms with E-state index in [0.29, 0.717) is 11.8 Å². The number of rotatable bonds is 10. The molecule has 4 aromatic carbocycles. The van der Waals surface area contributed by atoms with Gasteiger partial charge in [-0.25, -0.2) is 10.9 Å². The van der Waals surface area contributed by atoms with Crippen LogP contribution in [0.15, 0.2) is 95.7 Å². The van der Waals surface area contributed by atoms with E-state index in [9.17, 15) is 45.7 Å². The Balaban J connectivity index is 1.60. The maximum atomic E-state index is 13.2. The Morgan fingerprint density at radius 1 is 0.739 bits per heavy atom. The summed E-state index contributed by atoms with van der Waals surface area (Å²) in [6.07, 6.45) is 1.82. The largest absolute Gasteiger partial charge is 0.506 e. The summed E-state index contributed by atoms with van der Waals surface area (Å²) in [5.74, 6) is -2.71. The molecule has 15 nitrogen and oxygen atoms in total. The summed E-state index contributed by atoms with van der Waals surface area (Å²) in [6.45, 7) is 0. The molecule has 0 saturated carbocycles. The van der Waals surface area contributed by atoms with E-state index >= 15 is 0 Å². The van der Waals surface area contributed by atoms with Gasteiger partial charge in [-0.3, -0.25) is 18.7 Å². The molecule has 0 spiro atoms. The molecule has 0 saturated heterocycles. The predicted molar refractivity (Wildman–Crippen MR) is 174 cm³/mol. The van der Waals surface area contributed by atoms with Crippen LogP contribution in [-0.2, 0) is 29.8 Å². The van der Waals surface area contributed by atoms with Crippen LogP contribution in [0.1, 0.15) is 11.1 Å². The van der Waals surface area contributed by atoms with E-state index in [1.807, 2.05) is 18.2 Å². The normalized spacial score (nSPS) is 12.8. The molecule has 0 aliphatic rings. The number of benzene rings is 4. The number of fused-ring (bicyclic) bond motifs is 1. The molecule has 1 unspecified atom stereocenters. The minimum Gasteiger partial charge on any atom is -0.506 e. The van der Waals surface area contributed by atoms with E-state index in [1.165, 1.54) is 6.07 Å². The fourth-order valence-corrected chi connectivity index (χ4v) is 6.31. The summed E-state index contributed by atoms with van der Waals surface area (Å²) >= 11 is 6.14. The number of hydrazone groups is 2. The topological polar surface area (TPSA) is 244 Å². The summed E-state index contributed by atoms with van der Waals surface area (Å²) < 4.78 is 65.4. The van der Waals surface area contributed by atoms with Gasteiger partial charge in [0.1, 0.15) is 20.9 Å². The second-order valence-corrected chi connectivity index (χ2v) is 13.7. The predicted octanol–water partition coefficient (Wildman–Crippen LogP) is 3.35. The highest BCUT2D eigenvalue weighted by atomic mass is 79.9. The Morgan fingerprint density at radius 3 is 1.96 bits per heavy atom. The molecule has 0 aromatic heterocycles. The molecule has 7 N–H and O–H groups in total. The summed E-state index contributed by atoms with van der Waals surface area (Å²) in [7, 11) is -9.83. The molecule has 4 rings (SSSR count). The zero-order chi connectivity index (χ0) is 33.8. The minimum absolute atomic E-state index is 0.0347. The number of hydrogen-bond acceptors (Lipinski definition) is 11. The molecular weight excluding hydrogens is 778 g/mol. The van der Waals surface area contributed by atoms with Gasteiger partial charge in [0.25, 0.3) is 32.1 Å². The molecule has 0 bridgehead atoms. The quantitative estimate of drug-likeness (QED) is 0.0531. The first-order valence-electron chi connectivity index (χ1n) is 12.5. The molecule has 4 aromatic rings. The zero-order valence-electron chi connectivity index (χ0n) is 22.8. The number of halogens is 2. The Labute approximate surface area is 277 Å². The van der Waals surface area contributed by atoms with E-state index in [2.05, 4.69) is 58.2 Å². The second-order valence-electron chi connectivity index (χ2n) is 9.22. The third-order valence-corrected chi connectivity index (χ3v) is 9.21. The highest BCUT2D eigenvalue weighted by molar-refractivity contribution is 9.11. The number of phenols is 2. The number of anilines is 1. The number of nitrogens with one attached hydrogen (secondary N) is 3. The molecule has 0 heterocycles. The van der Waals surface area contributed by atoms with Crippen molar-refractivity contribution in [3.05, 3.63) is 86.8 Å². The Kier molecular flexibility index (Phi) is 10.4. The summed E-state index contributed by atoms with van der Waals surface area (Å²) in [4.78, 5) is 24.6. The lowest BCUT2D eigenvalue weighted by molar-refractivity contribution is -0.130. The first-order valence-corrected chi connectivity index (χ1v) is 16.9. The molecule has 46 heavy (non-hydrogen) atoms. The van der Waals surface area contributed by atoms with Crippen LogP contribution in [0.25, 0.3) is 10.8 Å². The molecule has 19 heteroatoms. The number of nitrogens with zero attached hydrogens (tertiary/aromatic N) is 2. The monoisotopic (exact) mass is 797 g/mol. The van der Waals surface area contributed by atoms with Gasteiger partial charge in [-0.2, -0.15) is 27.0 Å². The van der Waals surface area contributed by atoms with Crippen molar-refractivity contribution in [3.8, 4) is 11.5 Å². The van der Waals surface area contributed by atoms with E-state index in [-0.39, 0.29) is 31.6 Å². The van der Waals surface area contributed by atoms with Crippen LogP contribution < -0.4 is 16.2 Å². The number of carbonyl (C=O) groups excluding carboxylic acids is 2. The van der Waals surface area contributed by atoms with Crippen LogP contribution in [-0.4, -0.2) is 66.4 Å². The first-order chi connectivity index (χ1) is 21.6. The lowest BCUT2D eigenvalue weighted by Crippen LogP contribution is -2.47. The van der Waals surface area contributed by atoms with Gasteiger partial charge in [0.15, 0.2) is 6.04 Å². The molecule has 0 radical (unpaired) electrons. The fraction of sp³-hybridized carbons (Fsp3) is 0.0370. The average Bonchev–Trinajstić information content (AvgIpc) is 3.00. The molecular formula is C27H21Br2N5O10S2. The van der Waals surface area contributed by atoms with Crippen LogP contribution in [0.4, 0.5) is 5.69 Å². The van der Waals surface area contributed by atoms with Gasteiger partial charge in [-0.1, -0.05) is 36.4 Å². The zero-order valence-corrected chi connectivity index (χ0v) is 27.6. The summed E-state index contributed by atoms with van der Waals surface area (Å²) in [6, 6.07) is 14.2. The van der Waals surface area contributed by atoms with Crippen molar-refractivity contribution in [2.24, 2.45) is 10.2 Å². The van der Waals surface area contributed by atoms with Gasteiger partial charge in [-0.05, 0) is 73.0 Å². The number of aromatic hydroxyl groups is 2. The van der Waals surface area contributed by atoms with Crippen molar-refractivity contribution in [1.82, 2.24) is 10.9 Å². The van der Waals surface area contributed by atoms with Gasteiger partial charge in [0, 0.05) is 16.8 Å². The Bertz CT molecular complexity index is 2140. The Hall–Kier alpha value is -4.40. The van der Waals surface area contributed by atoms with Crippen molar-refractivity contribution >= 4 is 92.8 Å². The SMILES string of the molecule is O=C(N/N=C/c1ccc(S(=O)(=O)O)cc1S(=O)(=O)O)C(Nc1ccc2ccccc2c1)C(=O)N/N=C/c1cc(Br)c(O)c(Br)c1O. The minimum atomic E-state index is -5.01. The smallest absolute Gasteiger partial charge is 0.295 e. The van der Waals surface area contributed by atoms with Crippen molar-refractivity contribution in [2.75, 3.05) is 5.32 Å². The third kappa shape index (κ3) is 8.24. The molecule has 1 atom stereocenters. The van der Waals surface area contributed by atoms with Crippen LogP contribution >= 0.6 is 31.9 Å². The lowest BCUT2D eigenvalue weighted by Gasteiger charge is -2.17. The standard InChI is InChI=1S/C27H21Br2N5O10S2/c28-20-10-17(24(35)22(29)25(20)36)13-31-34-27(38)23(32-18-7-5-14-3-1-2-4-15(14)9-18)26(37)33-30-12-16-6-8-19(45(39,40)41)11-21(16)46(42,43)44/h1-13,23,32,35-36H,(H,33,37)(H,34,38)(H,39,40,41)(H,42,43,44)/b30-12+,31-13+. The number of amides is 2. The van der Waals surface area contributed by atoms with Crippen molar-refractivity contribution in [1.29, 1.82) is 0 Å². The van der Waals surface area contributed by atoms with Crippen molar-refractivity contribution < 1.29 is 45.7 Å². The van der Waals surface area contributed by atoms with Crippen LogP contribution in [0, 0.1) is 0 Å². The van der Waals surface area contributed by atoms with Gasteiger partial charge in [0.05, 0.1) is 21.8 Å². The maximum Gasteiger partial charge on any atom is 0.295 e. The highest BCUT2D eigenvalue weighted by Crippen LogP contribution is 2.40. The molecule has 240 valence electrons. The second kappa shape index (κ2) is 13.9. The summed E-state index contributed by atoms with van der Waals surface area (Å²) in [5.41, 5.74) is 4.29. The highest BCUT2D eigenvalue weighted by Gasteiger charge is 2.27. The lowest BCUT2D eigenvalue weighted by atomic mass is 10.1. The summed E-state index contributed by atoms with van der Waals surface area (Å²) in [5, 5.41) is 32.0. The van der Waals surface area contributed by atoms with Gasteiger partial charge in [0.2, 0.25) is 0 Å². The molecule has 0 aliphatic carbocycles.